The average Bonchev–Trinajstić information content (AvgIpc) is 2.36. The van der Waals surface area contributed by atoms with E-state index < -0.39 is 0 Å². The van der Waals surface area contributed by atoms with Crippen LogP contribution in [-0.4, -0.2) is 40.3 Å². The lowest BCUT2D eigenvalue weighted by atomic mass is 10.5. The molecule has 0 spiro atoms. The zero-order valence-electron chi connectivity index (χ0n) is 10.1. The van der Waals surface area contributed by atoms with Crippen LogP contribution in [0.4, 0.5) is 5.95 Å². The Kier molecular flexibility index (Phi) is 6.57. The van der Waals surface area contributed by atoms with Crippen molar-refractivity contribution in [3.05, 3.63) is 11.2 Å². The second-order valence-corrected chi connectivity index (χ2v) is 4.86. The minimum Gasteiger partial charge on any atom is -0.303 e. The van der Waals surface area contributed by atoms with E-state index in [-0.39, 0.29) is 0 Å². The number of nitrogens with zero attached hydrogens (tertiary/aromatic N) is 3. The molecule has 0 saturated carbocycles. The van der Waals surface area contributed by atoms with E-state index in [0.29, 0.717) is 11.0 Å². The van der Waals surface area contributed by atoms with Crippen molar-refractivity contribution in [1.29, 1.82) is 0 Å². The summed E-state index contributed by atoms with van der Waals surface area (Å²) in [5.74, 6) is 6.59. The number of rotatable bonds is 7. The molecule has 0 aliphatic carbocycles. The molecule has 1 aromatic heterocycles. The van der Waals surface area contributed by atoms with Crippen LogP contribution in [0.25, 0.3) is 0 Å². The first-order chi connectivity index (χ1) is 8.21. The minimum atomic E-state index is 0.389. The van der Waals surface area contributed by atoms with E-state index in [2.05, 4.69) is 34.1 Å². The maximum Gasteiger partial charge on any atom is 0.238 e. The van der Waals surface area contributed by atoms with Gasteiger partial charge in [0.05, 0.1) is 11.2 Å². The summed E-state index contributed by atoms with van der Waals surface area (Å²) in [6.45, 7) is 7.45. The Labute approximate surface area is 111 Å². The molecule has 0 atom stereocenters. The fourth-order valence-corrected chi connectivity index (χ4v) is 2.47. The fourth-order valence-electron chi connectivity index (χ4n) is 1.33. The van der Waals surface area contributed by atoms with Crippen LogP contribution in [0.5, 0.6) is 0 Å². The fraction of sp³-hybridized carbons (Fsp3) is 0.600. The molecule has 7 heteroatoms. The molecule has 3 N–H and O–H groups in total. The summed E-state index contributed by atoms with van der Waals surface area (Å²) in [5.41, 5.74) is 2.41. The van der Waals surface area contributed by atoms with Crippen molar-refractivity contribution in [2.45, 2.75) is 18.9 Å². The molecule has 0 aliphatic heterocycles. The Morgan fingerprint density at radius 2 is 2.18 bits per heavy atom. The molecular weight excluding hydrogens is 258 g/mol. The molecule has 1 aromatic rings. The van der Waals surface area contributed by atoms with E-state index in [4.69, 9.17) is 17.4 Å². The second-order valence-electron chi connectivity index (χ2n) is 3.37. The third-order valence-corrected chi connectivity index (χ3v) is 3.74. The SMILES string of the molecule is CCN(CC)CCSc1nc(NN)ncc1Cl. The minimum absolute atomic E-state index is 0.389. The van der Waals surface area contributed by atoms with Crippen molar-refractivity contribution in [3.8, 4) is 0 Å². The molecule has 96 valence electrons. The molecule has 0 unspecified atom stereocenters. The third-order valence-electron chi connectivity index (χ3n) is 2.38. The van der Waals surface area contributed by atoms with Gasteiger partial charge < -0.3 is 4.90 Å². The number of anilines is 1. The van der Waals surface area contributed by atoms with Crippen LogP contribution in [0, 0.1) is 0 Å². The normalized spacial score (nSPS) is 10.9. The molecule has 0 bridgehead atoms. The third kappa shape index (κ3) is 4.67. The number of thioether (sulfide) groups is 1. The van der Waals surface area contributed by atoms with Gasteiger partial charge >= 0.3 is 0 Å². The summed E-state index contributed by atoms with van der Waals surface area (Å²) >= 11 is 7.62. The van der Waals surface area contributed by atoms with E-state index in [0.717, 1.165) is 30.4 Å². The average molecular weight is 276 g/mol. The lowest BCUT2D eigenvalue weighted by Crippen LogP contribution is -2.25. The molecular formula is C10H18ClN5S. The molecule has 0 saturated heterocycles. The predicted octanol–water partition coefficient (Wildman–Crippen LogP) is 1.85. The number of nitrogens with two attached hydrogens (primary N) is 1. The molecule has 17 heavy (non-hydrogen) atoms. The van der Waals surface area contributed by atoms with Crippen LogP contribution < -0.4 is 11.3 Å². The number of halogens is 1. The highest BCUT2D eigenvalue weighted by molar-refractivity contribution is 7.99. The predicted molar refractivity (Wildman–Crippen MR) is 73.4 cm³/mol. The Bertz CT molecular complexity index is 345. The molecule has 0 aliphatic rings. The Morgan fingerprint density at radius 1 is 1.47 bits per heavy atom. The van der Waals surface area contributed by atoms with Gasteiger partial charge in [-0.1, -0.05) is 25.4 Å². The zero-order chi connectivity index (χ0) is 12.7. The first-order valence-corrected chi connectivity index (χ1v) is 6.91. The number of nitrogens with one attached hydrogen (secondary N) is 1. The molecule has 0 aromatic carbocycles. The summed E-state index contributed by atoms with van der Waals surface area (Å²) in [5, 5.41) is 1.33. The molecule has 0 amide bonds. The van der Waals surface area contributed by atoms with Crippen LogP contribution in [0.15, 0.2) is 11.2 Å². The molecule has 1 rings (SSSR count). The van der Waals surface area contributed by atoms with Crippen molar-refractivity contribution < 1.29 is 0 Å². The summed E-state index contributed by atoms with van der Waals surface area (Å²) < 4.78 is 0. The van der Waals surface area contributed by atoms with Crippen molar-refractivity contribution in [2.24, 2.45) is 5.84 Å². The number of hydrazine groups is 1. The van der Waals surface area contributed by atoms with E-state index in [9.17, 15) is 0 Å². The van der Waals surface area contributed by atoms with Gasteiger partial charge in [0, 0.05) is 12.3 Å². The highest BCUT2D eigenvalue weighted by atomic mass is 35.5. The summed E-state index contributed by atoms with van der Waals surface area (Å²) in [7, 11) is 0. The quantitative estimate of drug-likeness (QED) is 0.343. The smallest absolute Gasteiger partial charge is 0.238 e. The van der Waals surface area contributed by atoms with E-state index >= 15 is 0 Å². The molecule has 1 heterocycles. The van der Waals surface area contributed by atoms with Gasteiger partial charge in [-0.25, -0.2) is 15.8 Å². The number of hydrogen-bond acceptors (Lipinski definition) is 6. The van der Waals surface area contributed by atoms with Crippen LogP contribution >= 0.6 is 23.4 Å². The van der Waals surface area contributed by atoms with E-state index in [1.807, 2.05) is 0 Å². The van der Waals surface area contributed by atoms with Gasteiger partial charge in [0.15, 0.2) is 0 Å². The van der Waals surface area contributed by atoms with Crippen molar-refractivity contribution in [1.82, 2.24) is 14.9 Å². The molecule has 0 fully saturated rings. The van der Waals surface area contributed by atoms with Crippen molar-refractivity contribution in [2.75, 3.05) is 30.8 Å². The maximum atomic E-state index is 6.01. The maximum absolute atomic E-state index is 6.01. The highest BCUT2D eigenvalue weighted by Crippen LogP contribution is 2.24. The molecule has 5 nitrogen and oxygen atoms in total. The summed E-state index contributed by atoms with van der Waals surface area (Å²) in [4.78, 5) is 10.5. The topological polar surface area (TPSA) is 67.1 Å². The molecule has 0 radical (unpaired) electrons. The van der Waals surface area contributed by atoms with Gasteiger partial charge in [-0.05, 0) is 13.1 Å². The monoisotopic (exact) mass is 275 g/mol. The van der Waals surface area contributed by atoms with E-state index in [1.165, 1.54) is 0 Å². The van der Waals surface area contributed by atoms with Crippen LogP contribution in [0.2, 0.25) is 5.02 Å². The van der Waals surface area contributed by atoms with Crippen LogP contribution in [0.1, 0.15) is 13.8 Å². The van der Waals surface area contributed by atoms with Gasteiger partial charge in [0.1, 0.15) is 5.03 Å². The van der Waals surface area contributed by atoms with Crippen LogP contribution in [-0.2, 0) is 0 Å². The first-order valence-electron chi connectivity index (χ1n) is 5.55. The summed E-state index contributed by atoms with van der Waals surface area (Å²) in [6, 6.07) is 0. The van der Waals surface area contributed by atoms with Gasteiger partial charge in [-0.15, -0.1) is 11.8 Å². The first kappa shape index (κ1) is 14.5. The Hall–Kier alpha value is -0.560. The number of nitrogen functional groups attached to an aromatic ring is 1. The lowest BCUT2D eigenvalue weighted by Gasteiger charge is -2.17. The lowest BCUT2D eigenvalue weighted by molar-refractivity contribution is 0.324. The number of hydrogen-bond donors (Lipinski definition) is 2. The zero-order valence-corrected chi connectivity index (χ0v) is 11.7. The Morgan fingerprint density at radius 3 is 2.76 bits per heavy atom. The largest absolute Gasteiger partial charge is 0.303 e. The van der Waals surface area contributed by atoms with Crippen molar-refractivity contribution in [3.63, 3.8) is 0 Å². The van der Waals surface area contributed by atoms with Gasteiger partial charge in [0.2, 0.25) is 5.95 Å². The second kappa shape index (κ2) is 7.71. The number of aromatic nitrogens is 2. The van der Waals surface area contributed by atoms with Gasteiger partial charge in [-0.3, -0.25) is 5.43 Å². The van der Waals surface area contributed by atoms with Crippen molar-refractivity contribution >= 4 is 29.3 Å². The summed E-state index contributed by atoms with van der Waals surface area (Å²) in [6.07, 6.45) is 1.56. The van der Waals surface area contributed by atoms with E-state index in [1.54, 1.807) is 18.0 Å². The Balaban J connectivity index is 2.50. The van der Waals surface area contributed by atoms with Gasteiger partial charge in [-0.2, -0.15) is 0 Å². The van der Waals surface area contributed by atoms with Crippen LogP contribution in [0.3, 0.4) is 0 Å². The van der Waals surface area contributed by atoms with Gasteiger partial charge in [0.25, 0.3) is 0 Å². The highest BCUT2D eigenvalue weighted by Gasteiger charge is 2.06. The standard InChI is InChI=1S/C10H18ClN5S/c1-3-16(4-2)5-6-17-9-8(11)7-13-10(14-9)15-12/h7H,3-6,12H2,1-2H3,(H,13,14,15).